The molecule has 0 saturated carbocycles. The van der Waals surface area contributed by atoms with E-state index in [-0.39, 0.29) is 23.4 Å². The lowest BCUT2D eigenvalue weighted by molar-refractivity contribution is 0.247. The van der Waals surface area contributed by atoms with Crippen molar-refractivity contribution in [2.75, 3.05) is 24.5 Å². The highest BCUT2D eigenvalue weighted by atomic mass is 35.5. The van der Waals surface area contributed by atoms with E-state index < -0.39 is 16.1 Å². The monoisotopic (exact) mass is 461 g/mol. The van der Waals surface area contributed by atoms with Crippen LogP contribution < -0.4 is 16.0 Å². The molecule has 0 bridgehead atoms. The van der Waals surface area contributed by atoms with Gasteiger partial charge in [0.15, 0.2) is 0 Å². The molecule has 0 aliphatic carbocycles. The predicted octanol–water partition coefficient (Wildman–Crippen LogP) is 2.88. The van der Waals surface area contributed by atoms with Gasteiger partial charge in [-0.1, -0.05) is 36.7 Å². The minimum Gasteiger partial charge on any atom is -0.369 e. The first-order valence-corrected chi connectivity index (χ1v) is 11.9. The first-order valence-electron chi connectivity index (χ1n) is 10.1. The number of carbonyl (C=O) groups is 1. The van der Waals surface area contributed by atoms with Crippen molar-refractivity contribution in [1.29, 1.82) is 0 Å². The standard InChI is InChI=1S/C21H24ClN5O3S/c1-2-10-24-21(28)26-11-9-14-12-15(7-8-19(14)26)31(29,30)27-13-18(25-20(27)23)16-5-3-4-6-17(16)22/h3-8,12,18H,2,9-11,13H2,1H3,(H2,23,25)(H,24,28)/t18-/m1/s1. The van der Waals surface area contributed by atoms with Gasteiger partial charge in [-0.15, -0.1) is 0 Å². The van der Waals surface area contributed by atoms with Crippen molar-refractivity contribution in [3.63, 3.8) is 0 Å². The molecule has 2 heterocycles. The zero-order chi connectivity index (χ0) is 22.2. The van der Waals surface area contributed by atoms with Gasteiger partial charge in [-0.05, 0) is 48.2 Å². The molecule has 4 rings (SSSR count). The SMILES string of the molecule is CCCNC(=O)N1CCc2cc(S(=O)(=O)N3C[C@H](c4ccccc4Cl)N=C3N)ccc21. The molecule has 2 aliphatic heterocycles. The number of nitrogens with one attached hydrogen (secondary N) is 1. The molecular weight excluding hydrogens is 438 g/mol. The summed E-state index contributed by atoms with van der Waals surface area (Å²) in [5, 5.41) is 3.37. The predicted molar refractivity (Wildman–Crippen MR) is 121 cm³/mol. The fourth-order valence-electron chi connectivity index (χ4n) is 3.85. The van der Waals surface area contributed by atoms with Crippen LogP contribution in [0.5, 0.6) is 0 Å². The van der Waals surface area contributed by atoms with Gasteiger partial charge in [0.1, 0.15) is 0 Å². The highest BCUT2D eigenvalue weighted by molar-refractivity contribution is 7.89. The molecule has 2 aliphatic rings. The summed E-state index contributed by atoms with van der Waals surface area (Å²) in [7, 11) is -3.90. The fraction of sp³-hybridized carbons (Fsp3) is 0.333. The number of guanidine groups is 1. The molecule has 0 fully saturated rings. The lowest BCUT2D eigenvalue weighted by atomic mass is 10.1. The van der Waals surface area contributed by atoms with Crippen molar-refractivity contribution in [3.05, 3.63) is 58.6 Å². The molecule has 0 spiro atoms. The van der Waals surface area contributed by atoms with E-state index in [0.717, 1.165) is 27.5 Å². The minimum absolute atomic E-state index is 0.0639. The third kappa shape index (κ3) is 3.95. The molecule has 0 unspecified atom stereocenters. The van der Waals surface area contributed by atoms with Gasteiger partial charge in [0, 0.05) is 23.8 Å². The molecule has 0 radical (unpaired) electrons. The number of fused-ring (bicyclic) bond motifs is 1. The fourth-order valence-corrected chi connectivity index (χ4v) is 5.53. The molecule has 0 saturated heterocycles. The van der Waals surface area contributed by atoms with Crippen LogP contribution in [0.2, 0.25) is 5.02 Å². The van der Waals surface area contributed by atoms with Crippen molar-refractivity contribution < 1.29 is 13.2 Å². The van der Waals surface area contributed by atoms with Gasteiger partial charge in [-0.25, -0.2) is 22.5 Å². The second-order valence-corrected chi connectivity index (χ2v) is 9.75. The Bertz CT molecular complexity index is 1150. The number of hydrogen-bond acceptors (Lipinski definition) is 5. The maximum absolute atomic E-state index is 13.3. The number of aliphatic imine (C=N–C) groups is 1. The highest BCUT2D eigenvalue weighted by Crippen LogP contribution is 2.34. The second-order valence-electron chi connectivity index (χ2n) is 7.48. The second kappa shape index (κ2) is 8.39. The van der Waals surface area contributed by atoms with Gasteiger partial charge in [-0.2, -0.15) is 0 Å². The van der Waals surface area contributed by atoms with Crippen LogP contribution in [0, 0.1) is 0 Å². The molecule has 10 heteroatoms. The van der Waals surface area contributed by atoms with E-state index in [2.05, 4.69) is 10.3 Å². The van der Waals surface area contributed by atoms with Gasteiger partial charge >= 0.3 is 6.03 Å². The Morgan fingerprint density at radius 3 is 2.81 bits per heavy atom. The van der Waals surface area contributed by atoms with E-state index in [1.54, 1.807) is 29.2 Å². The summed E-state index contributed by atoms with van der Waals surface area (Å²) in [4.78, 5) is 18.4. The molecule has 164 valence electrons. The van der Waals surface area contributed by atoms with Crippen LogP contribution in [-0.2, 0) is 16.4 Å². The van der Waals surface area contributed by atoms with Gasteiger partial charge in [0.05, 0.1) is 17.5 Å². The number of urea groups is 1. The van der Waals surface area contributed by atoms with Crippen molar-refractivity contribution in [2.45, 2.75) is 30.7 Å². The van der Waals surface area contributed by atoms with E-state index in [0.29, 0.717) is 24.5 Å². The lowest BCUT2D eigenvalue weighted by Gasteiger charge is -2.21. The Balaban J connectivity index is 1.57. The van der Waals surface area contributed by atoms with Crippen LogP contribution in [0.1, 0.15) is 30.5 Å². The van der Waals surface area contributed by atoms with Crippen molar-refractivity contribution in [1.82, 2.24) is 9.62 Å². The average Bonchev–Trinajstić information content (AvgIpc) is 3.35. The molecule has 0 aromatic heterocycles. The first kappa shape index (κ1) is 21.5. The topological polar surface area (TPSA) is 108 Å². The molecular formula is C21H24ClN5O3S. The minimum atomic E-state index is -3.90. The smallest absolute Gasteiger partial charge is 0.321 e. The molecule has 2 aromatic carbocycles. The van der Waals surface area contributed by atoms with Crippen LogP contribution in [0.15, 0.2) is 52.4 Å². The van der Waals surface area contributed by atoms with E-state index in [4.69, 9.17) is 17.3 Å². The Morgan fingerprint density at radius 2 is 2.06 bits per heavy atom. The molecule has 3 N–H and O–H groups in total. The Hall–Kier alpha value is -2.78. The number of nitrogens with two attached hydrogens (primary N) is 1. The van der Waals surface area contributed by atoms with Crippen molar-refractivity contribution >= 4 is 39.3 Å². The third-order valence-corrected chi connectivity index (χ3v) is 7.56. The van der Waals surface area contributed by atoms with Crippen LogP contribution in [-0.4, -0.2) is 44.3 Å². The Labute approximate surface area is 186 Å². The molecule has 31 heavy (non-hydrogen) atoms. The summed E-state index contributed by atoms with van der Waals surface area (Å²) < 4.78 is 27.7. The Morgan fingerprint density at radius 1 is 1.29 bits per heavy atom. The van der Waals surface area contributed by atoms with Crippen LogP contribution in [0.3, 0.4) is 0 Å². The van der Waals surface area contributed by atoms with Crippen LogP contribution in [0.4, 0.5) is 10.5 Å². The van der Waals surface area contributed by atoms with Crippen molar-refractivity contribution in [2.24, 2.45) is 10.7 Å². The summed E-state index contributed by atoms with van der Waals surface area (Å²) >= 11 is 6.25. The van der Waals surface area contributed by atoms with Crippen LogP contribution in [0.25, 0.3) is 0 Å². The van der Waals surface area contributed by atoms with Crippen LogP contribution >= 0.6 is 11.6 Å². The van der Waals surface area contributed by atoms with E-state index in [1.807, 2.05) is 19.1 Å². The zero-order valence-electron chi connectivity index (χ0n) is 17.1. The van der Waals surface area contributed by atoms with Gasteiger partial charge in [-0.3, -0.25) is 4.90 Å². The molecule has 8 nitrogen and oxygen atoms in total. The average molecular weight is 462 g/mol. The largest absolute Gasteiger partial charge is 0.369 e. The van der Waals surface area contributed by atoms with Gasteiger partial charge < -0.3 is 11.1 Å². The van der Waals surface area contributed by atoms with E-state index >= 15 is 0 Å². The number of halogens is 1. The summed E-state index contributed by atoms with van der Waals surface area (Å²) in [5.41, 5.74) is 8.26. The number of hydrogen-bond donors (Lipinski definition) is 2. The number of rotatable bonds is 5. The molecule has 1 atom stereocenters. The number of amides is 2. The summed E-state index contributed by atoms with van der Waals surface area (Å²) in [6.45, 7) is 3.17. The summed E-state index contributed by atoms with van der Waals surface area (Å²) in [5.74, 6) is -0.0639. The van der Waals surface area contributed by atoms with Crippen molar-refractivity contribution in [3.8, 4) is 0 Å². The quantitative estimate of drug-likeness (QED) is 0.713. The van der Waals surface area contributed by atoms with E-state index in [9.17, 15) is 13.2 Å². The Kier molecular flexibility index (Phi) is 5.81. The first-order chi connectivity index (χ1) is 14.8. The highest BCUT2D eigenvalue weighted by Gasteiger charge is 2.36. The number of benzene rings is 2. The number of nitrogens with zero attached hydrogens (tertiary/aromatic N) is 3. The maximum Gasteiger partial charge on any atom is 0.321 e. The number of sulfonamides is 1. The lowest BCUT2D eigenvalue weighted by Crippen LogP contribution is -2.39. The number of anilines is 1. The maximum atomic E-state index is 13.3. The normalized spacial score (nSPS) is 18.1. The zero-order valence-corrected chi connectivity index (χ0v) is 18.7. The number of carbonyl (C=O) groups excluding carboxylic acids is 1. The third-order valence-electron chi connectivity index (χ3n) is 5.45. The van der Waals surface area contributed by atoms with Gasteiger partial charge in [0.2, 0.25) is 5.96 Å². The van der Waals surface area contributed by atoms with E-state index in [1.165, 1.54) is 6.07 Å². The molecule has 2 aromatic rings. The summed E-state index contributed by atoms with van der Waals surface area (Å²) in [6.07, 6.45) is 1.43. The molecule has 2 amide bonds. The van der Waals surface area contributed by atoms with Gasteiger partial charge in [0.25, 0.3) is 10.0 Å². The summed E-state index contributed by atoms with van der Waals surface area (Å²) in [6, 6.07) is 11.4.